The van der Waals surface area contributed by atoms with Gasteiger partial charge in [0.1, 0.15) is 5.92 Å². The van der Waals surface area contributed by atoms with Gasteiger partial charge in [-0.25, -0.2) is 4.79 Å². The zero-order valence-corrected chi connectivity index (χ0v) is 12.2. The number of carbonyl (C=O) groups is 3. The molecule has 110 valence electrons. The molecule has 1 fully saturated rings. The van der Waals surface area contributed by atoms with Crippen LogP contribution in [0.5, 0.6) is 0 Å². The Morgan fingerprint density at radius 3 is 1.86 bits per heavy atom. The first kappa shape index (κ1) is 14.3. The molecule has 1 aliphatic heterocycles. The number of benzene rings is 2. The lowest BCUT2D eigenvalue weighted by molar-refractivity contribution is -0.132. The normalized spacial score (nSPS) is 15.4. The van der Waals surface area contributed by atoms with Gasteiger partial charge in [-0.05, 0) is 29.8 Å². The van der Waals surface area contributed by atoms with Gasteiger partial charge in [0.2, 0.25) is 11.8 Å². The van der Waals surface area contributed by atoms with Crippen molar-refractivity contribution in [3.63, 3.8) is 0 Å². The minimum absolute atomic E-state index is 0.555. The number of carbonyl (C=O) groups excluding carboxylic acids is 3. The van der Waals surface area contributed by atoms with Crippen molar-refractivity contribution in [3.8, 4) is 0 Å². The molecule has 0 spiro atoms. The van der Waals surface area contributed by atoms with Gasteiger partial charge >= 0.3 is 6.03 Å². The Hall–Kier alpha value is -2.60. The van der Waals surface area contributed by atoms with E-state index in [1.165, 1.54) is 0 Å². The summed E-state index contributed by atoms with van der Waals surface area (Å²) in [6.45, 7) is 0. The molecule has 0 saturated carbocycles. The van der Waals surface area contributed by atoms with Crippen molar-refractivity contribution in [2.24, 2.45) is 0 Å². The van der Waals surface area contributed by atoms with Crippen molar-refractivity contribution >= 4 is 29.6 Å². The van der Waals surface area contributed by atoms with E-state index in [9.17, 15) is 14.4 Å². The molecule has 0 atom stereocenters. The van der Waals surface area contributed by atoms with Crippen LogP contribution >= 0.6 is 11.8 Å². The number of barbiturate groups is 1. The second-order valence-electron chi connectivity index (χ2n) is 4.72. The number of rotatable bonds is 3. The van der Waals surface area contributed by atoms with Gasteiger partial charge in [0.05, 0.1) is 0 Å². The lowest BCUT2D eigenvalue weighted by Gasteiger charge is -2.20. The van der Waals surface area contributed by atoms with Gasteiger partial charge in [-0.1, -0.05) is 42.1 Å². The van der Waals surface area contributed by atoms with E-state index in [0.717, 1.165) is 9.79 Å². The summed E-state index contributed by atoms with van der Waals surface area (Å²) in [5.41, 5.74) is 0.555. The first-order valence-electron chi connectivity index (χ1n) is 6.62. The summed E-state index contributed by atoms with van der Waals surface area (Å²) >= 11 is 1.59. The van der Waals surface area contributed by atoms with Crippen molar-refractivity contribution in [2.45, 2.75) is 15.7 Å². The fourth-order valence-corrected chi connectivity index (χ4v) is 3.01. The van der Waals surface area contributed by atoms with E-state index < -0.39 is 23.8 Å². The third kappa shape index (κ3) is 3.01. The average molecular weight is 312 g/mol. The topological polar surface area (TPSA) is 75.3 Å². The van der Waals surface area contributed by atoms with Gasteiger partial charge in [-0.3, -0.25) is 20.2 Å². The molecule has 22 heavy (non-hydrogen) atoms. The summed E-state index contributed by atoms with van der Waals surface area (Å²) < 4.78 is 0. The van der Waals surface area contributed by atoms with E-state index >= 15 is 0 Å². The number of hydrogen-bond acceptors (Lipinski definition) is 4. The molecule has 2 aromatic rings. The number of imide groups is 2. The van der Waals surface area contributed by atoms with E-state index in [1.54, 1.807) is 23.9 Å². The fourth-order valence-electron chi connectivity index (χ4n) is 2.17. The third-order valence-electron chi connectivity index (χ3n) is 3.19. The summed E-state index contributed by atoms with van der Waals surface area (Å²) in [5.74, 6) is -2.19. The van der Waals surface area contributed by atoms with Gasteiger partial charge in [0.15, 0.2) is 0 Å². The highest BCUT2D eigenvalue weighted by Crippen LogP contribution is 2.29. The van der Waals surface area contributed by atoms with Crippen molar-refractivity contribution in [2.75, 3.05) is 0 Å². The predicted octanol–water partition coefficient (Wildman–Crippen LogP) is 2.29. The van der Waals surface area contributed by atoms with Crippen LogP contribution in [-0.4, -0.2) is 17.8 Å². The Morgan fingerprint density at radius 2 is 1.27 bits per heavy atom. The lowest BCUT2D eigenvalue weighted by Crippen LogP contribution is -2.54. The molecule has 1 aliphatic rings. The number of urea groups is 1. The van der Waals surface area contributed by atoms with Crippen LogP contribution in [0.2, 0.25) is 0 Å². The van der Waals surface area contributed by atoms with Crippen LogP contribution in [0.1, 0.15) is 11.5 Å². The molecule has 6 heteroatoms. The summed E-state index contributed by atoms with van der Waals surface area (Å²) in [6, 6.07) is 16.3. The first-order valence-corrected chi connectivity index (χ1v) is 7.44. The van der Waals surface area contributed by atoms with Crippen LogP contribution in [-0.2, 0) is 9.59 Å². The SMILES string of the molecule is O=C1NC(=O)C(c2ccc(Sc3ccccc3)cc2)C(=O)N1. The van der Waals surface area contributed by atoms with Crippen molar-refractivity contribution < 1.29 is 14.4 Å². The minimum Gasteiger partial charge on any atom is -0.277 e. The minimum atomic E-state index is -0.992. The van der Waals surface area contributed by atoms with Gasteiger partial charge in [0, 0.05) is 9.79 Å². The van der Waals surface area contributed by atoms with E-state index in [4.69, 9.17) is 0 Å². The Bertz CT molecular complexity index is 709. The number of nitrogens with one attached hydrogen (secondary N) is 2. The largest absolute Gasteiger partial charge is 0.328 e. The monoisotopic (exact) mass is 312 g/mol. The zero-order valence-electron chi connectivity index (χ0n) is 11.4. The van der Waals surface area contributed by atoms with E-state index in [0.29, 0.717) is 5.56 Å². The molecule has 1 saturated heterocycles. The number of hydrogen-bond donors (Lipinski definition) is 2. The molecule has 0 aliphatic carbocycles. The standard InChI is InChI=1S/C16H12N2O3S/c19-14-13(15(20)18-16(21)17-14)10-6-8-12(9-7-10)22-11-4-2-1-3-5-11/h1-9,13H,(H2,17,18,19,20,21). The quantitative estimate of drug-likeness (QED) is 0.853. The maximum Gasteiger partial charge on any atom is 0.328 e. The van der Waals surface area contributed by atoms with Crippen LogP contribution < -0.4 is 10.6 Å². The second-order valence-corrected chi connectivity index (χ2v) is 5.87. The highest BCUT2D eigenvalue weighted by Gasteiger charge is 2.35. The maximum absolute atomic E-state index is 11.8. The zero-order chi connectivity index (χ0) is 15.5. The molecular weight excluding hydrogens is 300 g/mol. The van der Waals surface area contributed by atoms with Crippen molar-refractivity contribution in [1.29, 1.82) is 0 Å². The molecule has 0 bridgehead atoms. The molecule has 0 aromatic heterocycles. The Balaban J connectivity index is 1.78. The van der Waals surface area contributed by atoms with Crippen LogP contribution in [0.4, 0.5) is 4.79 Å². The second kappa shape index (κ2) is 6.03. The van der Waals surface area contributed by atoms with Crippen molar-refractivity contribution in [1.82, 2.24) is 10.6 Å². The van der Waals surface area contributed by atoms with E-state index in [-0.39, 0.29) is 0 Å². The Labute approximate surface area is 131 Å². The van der Waals surface area contributed by atoms with E-state index in [2.05, 4.69) is 10.6 Å². The molecule has 2 aromatic carbocycles. The van der Waals surface area contributed by atoms with Crippen LogP contribution in [0, 0.1) is 0 Å². The molecule has 1 heterocycles. The van der Waals surface area contributed by atoms with Gasteiger partial charge in [0.25, 0.3) is 0 Å². The van der Waals surface area contributed by atoms with Crippen LogP contribution in [0.3, 0.4) is 0 Å². The van der Waals surface area contributed by atoms with Gasteiger partial charge < -0.3 is 0 Å². The smallest absolute Gasteiger partial charge is 0.277 e. The highest BCUT2D eigenvalue weighted by atomic mass is 32.2. The highest BCUT2D eigenvalue weighted by molar-refractivity contribution is 7.99. The van der Waals surface area contributed by atoms with Gasteiger partial charge in [-0.2, -0.15) is 0 Å². The summed E-state index contributed by atoms with van der Waals surface area (Å²) in [7, 11) is 0. The third-order valence-corrected chi connectivity index (χ3v) is 4.21. The molecule has 3 rings (SSSR count). The molecule has 4 amide bonds. The average Bonchev–Trinajstić information content (AvgIpc) is 2.49. The molecule has 5 nitrogen and oxygen atoms in total. The number of amides is 4. The van der Waals surface area contributed by atoms with Crippen molar-refractivity contribution in [3.05, 3.63) is 60.2 Å². The van der Waals surface area contributed by atoms with E-state index in [1.807, 2.05) is 42.5 Å². The van der Waals surface area contributed by atoms with Crippen LogP contribution in [0.15, 0.2) is 64.4 Å². The Morgan fingerprint density at radius 1 is 0.727 bits per heavy atom. The summed E-state index contributed by atoms with van der Waals surface area (Å²) in [6.07, 6.45) is 0. The predicted molar refractivity (Wildman–Crippen MR) is 81.4 cm³/mol. The molecular formula is C16H12N2O3S. The first-order chi connectivity index (χ1) is 10.6. The summed E-state index contributed by atoms with van der Waals surface area (Å²) in [4.78, 5) is 36.7. The molecule has 2 N–H and O–H groups in total. The van der Waals surface area contributed by atoms with Crippen LogP contribution in [0.25, 0.3) is 0 Å². The lowest BCUT2D eigenvalue weighted by atomic mass is 9.96. The molecule has 0 radical (unpaired) electrons. The fraction of sp³-hybridized carbons (Fsp3) is 0.0625. The molecule has 0 unspecified atom stereocenters. The Kier molecular flexibility index (Phi) is 3.93. The van der Waals surface area contributed by atoms with Gasteiger partial charge in [-0.15, -0.1) is 0 Å². The summed E-state index contributed by atoms with van der Waals surface area (Å²) in [5, 5.41) is 4.20. The maximum atomic E-state index is 11.8.